The minimum atomic E-state index is 0.00672. The Morgan fingerprint density at radius 2 is 2.00 bits per heavy atom. The summed E-state index contributed by atoms with van der Waals surface area (Å²) in [5.74, 6) is 1.47. The lowest BCUT2D eigenvalue weighted by Crippen LogP contribution is -2.37. The normalized spacial score (nSPS) is 12.4. The van der Waals surface area contributed by atoms with Gasteiger partial charge in [-0.25, -0.2) is 4.98 Å². The van der Waals surface area contributed by atoms with Gasteiger partial charge in [0.2, 0.25) is 11.1 Å². The van der Waals surface area contributed by atoms with Crippen molar-refractivity contribution in [2.24, 2.45) is 5.92 Å². The van der Waals surface area contributed by atoms with Crippen molar-refractivity contribution in [2.75, 3.05) is 5.75 Å². The van der Waals surface area contributed by atoms with Crippen molar-refractivity contribution >= 4 is 17.7 Å². The maximum Gasteiger partial charge on any atom is 0.230 e. The van der Waals surface area contributed by atoms with Crippen molar-refractivity contribution in [1.29, 1.82) is 0 Å². The molecule has 1 aromatic carbocycles. The van der Waals surface area contributed by atoms with E-state index in [0.29, 0.717) is 22.7 Å². The highest BCUT2D eigenvalue weighted by atomic mass is 32.2. The molecule has 21 heavy (non-hydrogen) atoms. The minimum Gasteiger partial charge on any atom is -0.353 e. The van der Waals surface area contributed by atoms with Crippen molar-refractivity contribution in [3.8, 4) is 11.4 Å². The summed E-state index contributed by atoms with van der Waals surface area (Å²) in [6.07, 6.45) is 0. The Hall–Kier alpha value is -1.82. The molecule has 0 radical (unpaired) electrons. The third-order valence-corrected chi connectivity index (χ3v) is 4.08. The van der Waals surface area contributed by atoms with E-state index < -0.39 is 0 Å². The van der Waals surface area contributed by atoms with Crippen LogP contribution in [0.3, 0.4) is 0 Å². The topological polar surface area (TPSA) is 70.7 Å². The van der Waals surface area contributed by atoms with Crippen LogP contribution >= 0.6 is 11.8 Å². The van der Waals surface area contributed by atoms with Crippen molar-refractivity contribution in [3.63, 3.8) is 0 Å². The zero-order valence-corrected chi connectivity index (χ0v) is 13.3. The van der Waals surface area contributed by atoms with E-state index in [1.54, 1.807) is 0 Å². The quantitative estimate of drug-likeness (QED) is 0.805. The molecule has 0 unspecified atom stereocenters. The molecular formula is C15H20N4OS. The third-order valence-electron chi connectivity index (χ3n) is 3.23. The van der Waals surface area contributed by atoms with Gasteiger partial charge in [0, 0.05) is 11.6 Å². The SMILES string of the molecule is CC(C)[C@@H](C)NC(=O)CSc1n[nH]c(-c2ccccc2)n1. The smallest absolute Gasteiger partial charge is 0.230 e. The average molecular weight is 304 g/mol. The van der Waals surface area contributed by atoms with Gasteiger partial charge in [-0.05, 0) is 12.8 Å². The van der Waals surface area contributed by atoms with Gasteiger partial charge in [-0.3, -0.25) is 9.89 Å². The summed E-state index contributed by atoms with van der Waals surface area (Å²) in [6, 6.07) is 9.95. The Morgan fingerprint density at radius 1 is 1.29 bits per heavy atom. The fraction of sp³-hybridized carbons (Fsp3) is 0.400. The lowest BCUT2D eigenvalue weighted by Gasteiger charge is -2.16. The van der Waals surface area contributed by atoms with Crippen LogP contribution in [0.2, 0.25) is 0 Å². The predicted octanol–water partition coefficient (Wildman–Crippen LogP) is 2.72. The van der Waals surface area contributed by atoms with Gasteiger partial charge in [0.05, 0.1) is 5.75 Å². The summed E-state index contributed by atoms with van der Waals surface area (Å²) in [5, 5.41) is 10.6. The zero-order valence-electron chi connectivity index (χ0n) is 12.5. The number of nitrogens with one attached hydrogen (secondary N) is 2. The molecule has 0 aliphatic carbocycles. The molecule has 2 rings (SSSR count). The molecule has 2 N–H and O–H groups in total. The minimum absolute atomic E-state index is 0.00672. The average Bonchev–Trinajstić information content (AvgIpc) is 2.95. The molecular weight excluding hydrogens is 284 g/mol. The molecule has 0 saturated carbocycles. The maximum absolute atomic E-state index is 11.8. The molecule has 1 aromatic heterocycles. The van der Waals surface area contributed by atoms with Gasteiger partial charge in [0.15, 0.2) is 5.82 Å². The lowest BCUT2D eigenvalue weighted by atomic mass is 10.1. The van der Waals surface area contributed by atoms with Gasteiger partial charge in [0.25, 0.3) is 0 Å². The van der Waals surface area contributed by atoms with Crippen LogP contribution in [-0.4, -0.2) is 32.9 Å². The Balaban J connectivity index is 1.87. The first-order valence-corrected chi connectivity index (χ1v) is 7.95. The number of rotatable bonds is 6. The Labute approximate surface area is 128 Å². The summed E-state index contributed by atoms with van der Waals surface area (Å²) in [4.78, 5) is 16.2. The van der Waals surface area contributed by atoms with Gasteiger partial charge in [-0.2, -0.15) is 0 Å². The lowest BCUT2D eigenvalue weighted by molar-refractivity contribution is -0.119. The summed E-state index contributed by atoms with van der Waals surface area (Å²) in [5.41, 5.74) is 0.981. The highest BCUT2D eigenvalue weighted by Crippen LogP contribution is 2.18. The van der Waals surface area contributed by atoms with Gasteiger partial charge in [-0.1, -0.05) is 55.9 Å². The van der Waals surface area contributed by atoms with Crippen molar-refractivity contribution < 1.29 is 4.79 Å². The number of hydrogen-bond acceptors (Lipinski definition) is 4. The number of benzene rings is 1. The van der Waals surface area contributed by atoms with E-state index in [2.05, 4.69) is 34.3 Å². The maximum atomic E-state index is 11.8. The van der Waals surface area contributed by atoms with Crippen LogP contribution in [-0.2, 0) is 4.79 Å². The van der Waals surface area contributed by atoms with Gasteiger partial charge in [0.1, 0.15) is 0 Å². The molecule has 0 bridgehead atoms. The zero-order chi connectivity index (χ0) is 15.2. The van der Waals surface area contributed by atoms with E-state index in [1.165, 1.54) is 11.8 Å². The number of hydrogen-bond donors (Lipinski definition) is 2. The first kappa shape index (κ1) is 15.6. The highest BCUT2D eigenvalue weighted by Gasteiger charge is 2.12. The van der Waals surface area contributed by atoms with Gasteiger partial charge in [-0.15, -0.1) is 5.10 Å². The summed E-state index contributed by atoms with van der Waals surface area (Å²) >= 11 is 1.33. The molecule has 2 aromatic rings. The molecule has 1 atom stereocenters. The summed E-state index contributed by atoms with van der Waals surface area (Å²) in [7, 11) is 0. The number of carbonyl (C=O) groups excluding carboxylic acids is 1. The molecule has 6 heteroatoms. The molecule has 1 heterocycles. The van der Waals surface area contributed by atoms with Crippen LogP contribution in [0.1, 0.15) is 20.8 Å². The summed E-state index contributed by atoms with van der Waals surface area (Å²) < 4.78 is 0. The predicted molar refractivity (Wildman–Crippen MR) is 85.0 cm³/mol. The summed E-state index contributed by atoms with van der Waals surface area (Å²) in [6.45, 7) is 6.17. The molecule has 5 nitrogen and oxygen atoms in total. The van der Waals surface area contributed by atoms with Gasteiger partial charge >= 0.3 is 0 Å². The Kier molecular flexibility index (Phi) is 5.38. The molecule has 0 fully saturated rings. The van der Waals surface area contributed by atoms with Crippen LogP contribution in [0.15, 0.2) is 35.5 Å². The third kappa shape index (κ3) is 4.60. The Bertz CT molecular complexity index is 582. The second kappa shape index (κ2) is 7.26. The largest absolute Gasteiger partial charge is 0.353 e. The fourth-order valence-corrected chi connectivity index (χ4v) is 2.24. The number of carbonyl (C=O) groups is 1. The molecule has 0 aliphatic rings. The van der Waals surface area contributed by atoms with Crippen molar-refractivity contribution in [1.82, 2.24) is 20.5 Å². The number of aromatic nitrogens is 3. The van der Waals surface area contributed by atoms with Crippen molar-refractivity contribution in [3.05, 3.63) is 30.3 Å². The number of nitrogens with zero attached hydrogens (tertiary/aromatic N) is 2. The molecule has 0 aliphatic heterocycles. The Morgan fingerprint density at radius 3 is 2.67 bits per heavy atom. The van der Waals surface area contributed by atoms with Gasteiger partial charge < -0.3 is 5.32 Å². The molecule has 0 saturated heterocycles. The second-order valence-corrected chi connectivity index (χ2v) is 6.16. The van der Waals surface area contributed by atoms with E-state index in [1.807, 2.05) is 37.3 Å². The highest BCUT2D eigenvalue weighted by molar-refractivity contribution is 7.99. The van der Waals surface area contributed by atoms with E-state index in [0.717, 1.165) is 5.56 Å². The number of thioether (sulfide) groups is 1. The monoisotopic (exact) mass is 304 g/mol. The van der Waals surface area contributed by atoms with Crippen LogP contribution < -0.4 is 5.32 Å². The van der Waals surface area contributed by atoms with Crippen LogP contribution in [0.25, 0.3) is 11.4 Å². The van der Waals surface area contributed by atoms with E-state index in [-0.39, 0.29) is 11.9 Å². The first-order valence-electron chi connectivity index (χ1n) is 6.96. The molecule has 0 spiro atoms. The van der Waals surface area contributed by atoms with Crippen LogP contribution in [0, 0.1) is 5.92 Å². The van der Waals surface area contributed by atoms with E-state index in [4.69, 9.17) is 0 Å². The standard InChI is InChI=1S/C15H20N4OS/c1-10(2)11(3)16-13(20)9-21-15-17-14(18-19-15)12-7-5-4-6-8-12/h4-8,10-11H,9H2,1-3H3,(H,16,20)(H,17,18,19)/t11-/m1/s1. The molecule has 112 valence electrons. The first-order chi connectivity index (χ1) is 10.1. The van der Waals surface area contributed by atoms with E-state index in [9.17, 15) is 4.79 Å². The van der Waals surface area contributed by atoms with Crippen molar-refractivity contribution in [2.45, 2.75) is 32.0 Å². The molecule has 1 amide bonds. The van der Waals surface area contributed by atoms with Crippen LogP contribution in [0.4, 0.5) is 0 Å². The van der Waals surface area contributed by atoms with E-state index >= 15 is 0 Å². The van der Waals surface area contributed by atoms with Crippen LogP contribution in [0.5, 0.6) is 0 Å². The number of aromatic amines is 1. The number of amides is 1. The number of H-pyrrole nitrogens is 1. The second-order valence-electron chi connectivity index (χ2n) is 5.22. The fourth-order valence-electron chi connectivity index (χ4n) is 1.63.